The minimum atomic E-state index is -0.780. The topological polar surface area (TPSA) is 72.2 Å². The summed E-state index contributed by atoms with van der Waals surface area (Å²) in [5.41, 5.74) is 4.76. The number of amides is 3. The fraction of sp³-hybridized carbons (Fsp3) is 0.714. The van der Waals surface area contributed by atoms with Crippen molar-refractivity contribution in [1.29, 1.82) is 0 Å². The monoisotopic (exact) mass is 158 g/mol. The molecule has 0 rings (SSSR count). The molecule has 0 heterocycles. The normalized spacial score (nSPS) is 12.2. The molecule has 0 saturated carbocycles. The van der Waals surface area contributed by atoms with Gasteiger partial charge in [-0.1, -0.05) is 20.3 Å². The van der Waals surface area contributed by atoms with E-state index in [0.29, 0.717) is 0 Å². The van der Waals surface area contributed by atoms with E-state index in [1.54, 1.807) is 6.92 Å². The van der Waals surface area contributed by atoms with Crippen molar-refractivity contribution in [2.45, 2.75) is 26.7 Å². The summed E-state index contributed by atoms with van der Waals surface area (Å²) in [4.78, 5) is 21.1. The third kappa shape index (κ3) is 4.36. The molecule has 0 bridgehead atoms. The Bertz CT molecular complexity index is 157. The average molecular weight is 158 g/mol. The van der Waals surface area contributed by atoms with Crippen molar-refractivity contribution in [3.05, 3.63) is 0 Å². The van der Waals surface area contributed by atoms with Crippen LogP contribution in [0.4, 0.5) is 4.79 Å². The molecule has 0 spiro atoms. The lowest BCUT2D eigenvalue weighted by Crippen LogP contribution is -2.38. The largest absolute Gasteiger partial charge is 0.351 e. The second kappa shape index (κ2) is 4.71. The van der Waals surface area contributed by atoms with E-state index in [9.17, 15) is 9.59 Å². The first kappa shape index (κ1) is 9.94. The Balaban J connectivity index is 3.73. The van der Waals surface area contributed by atoms with Crippen LogP contribution in [-0.4, -0.2) is 11.9 Å². The molecule has 0 fully saturated rings. The summed E-state index contributed by atoms with van der Waals surface area (Å²) in [6, 6.07) is -0.780. The van der Waals surface area contributed by atoms with Gasteiger partial charge < -0.3 is 5.73 Å². The number of hydrogen-bond donors (Lipinski definition) is 2. The highest BCUT2D eigenvalue weighted by Crippen LogP contribution is 2.03. The molecule has 4 nitrogen and oxygen atoms in total. The van der Waals surface area contributed by atoms with E-state index in [1.165, 1.54) is 0 Å². The first-order valence-electron chi connectivity index (χ1n) is 3.68. The fourth-order valence-electron chi connectivity index (χ4n) is 0.809. The van der Waals surface area contributed by atoms with E-state index in [0.717, 1.165) is 12.8 Å². The van der Waals surface area contributed by atoms with Crippen LogP contribution >= 0.6 is 0 Å². The third-order valence-electron chi connectivity index (χ3n) is 1.42. The summed E-state index contributed by atoms with van der Waals surface area (Å²) >= 11 is 0. The molecule has 0 aromatic rings. The second-order valence-electron chi connectivity index (χ2n) is 2.54. The standard InChI is InChI=1S/C7H14N2O2/c1-3-4-5(2)6(10)9-7(8)11/h5H,3-4H2,1-2H3,(H3,8,9,10,11). The molecule has 3 N–H and O–H groups in total. The highest BCUT2D eigenvalue weighted by atomic mass is 16.2. The molecule has 11 heavy (non-hydrogen) atoms. The zero-order valence-corrected chi connectivity index (χ0v) is 6.89. The van der Waals surface area contributed by atoms with Gasteiger partial charge in [-0.15, -0.1) is 0 Å². The van der Waals surface area contributed by atoms with Crippen molar-refractivity contribution in [2.75, 3.05) is 0 Å². The van der Waals surface area contributed by atoms with Gasteiger partial charge in [0.05, 0.1) is 0 Å². The van der Waals surface area contributed by atoms with Gasteiger partial charge in [0.1, 0.15) is 0 Å². The summed E-state index contributed by atoms with van der Waals surface area (Å²) in [6.45, 7) is 3.75. The molecule has 1 unspecified atom stereocenters. The molecule has 0 aromatic carbocycles. The maximum atomic E-state index is 10.9. The van der Waals surface area contributed by atoms with Crippen molar-refractivity contribution in [1.82, 2.24) is 5.32 Å². The first-order chi connectivity index (χ1) is 5.07. The molecule has 4 heteroatoms. The SMILES string of the molecule is CCCC(C)C(=O)NC(N)=O. The number of carbonyl (C=O) groups excluding carboxylic acids is 2. The smallest absolute Gasteiger partial charge is 0.318 e. The van der Waals surface area contributed by atoms with Crippen LogP contribution in [0.15, 0.2) is 0 Å². The van der Waals surface area contributed by atoms with Crippen LogP contribution in [0.5, 0.6) is 0 Å². The number of urea groups is 1. The minimum absolute atomic E-state index is 0.132. The Labute approximate surface area is 66.1 Å². The van der Waals surface area contributed by atoms with Crippen molar-refractivity contribution in [2.24, 2.45) is 11.7 Å². The Morgan fingerprint density at radius 3 is 2.45 bits per heavy atom. The summed E-state index contributed by atoms with van der Waals surface area (Å²) in [6.07, 6.45) is 1.70. The number of nitrogens with one attached hydrogen (secondary N) is 1. The predicted molar refractivity (Wildman–Crippen MR) is 41.8 cm³/mol. The van der Waals surface area contributed by atoms with E-state index in [4.69, 9.17) is 5.73 Å². The van der Waals surface area contributed by atoms with Gasteiger partial charge in [-0.3, -0.25) is 10.1 Å². The van der Waals surface area contributed by atoms with E-state index < -0.39 is 6.03 Å². The van der Waals surface area contributed by atoms with Crippen molar-refractivity contribution in [3.63, 3.8) is 0 Å². The Kier molecular flexibility index (Phi) is 4.26. The summed E-state index contributed by atoms with van der Waals surface area (Å²) in [7, 11) is 0. The number of rotatable bonds is 3. The summed E-state index contributed by atoms with van der Waals surface area (Å²) in [5, 5.41) is 2.03. The molecule has 0 aromatic heterocycles. The van der Waals surface area contributed by atoms with Gasteiger partial charge in [-0.25, -0.2) is 4.79 Å². The van der Waals surface area contributed by atoms with Gasteiger partial charge >= 0.3 is 6.03 Å². The van der Waals surface area contributed by atoms with E-state index >= 15 is 0 Å². The zero-order valence-electron chi connectivity index (χ0n) is 6.89. The molecule has 3 amide bonds. The van der Waals surface area contributed by atoms with Crippen LogP contribution < -0.4 is 11.1 Å². The maximum absolute atomic E-state index is 10.9. The minimum Gasteiger partial charge on any atom is -0.351 e. The average Bonchev–Trinajstić information content (AvgIpc) is 1.86. The summed E-state index contributed by atoms with van der Waals surface area (Å²) in [5.74, 6) is -0.424. The van der Waals surface area contributed by atoms with Gasteiger partial charge in [0.2, 0.25) is 5.91 Å². The van der Waals surface area contributed by atoms with Crippen molar-refractivity contribution in [3.8, 4) is 0 Å². The van der Waals surface area contributed by atoms with Gasteiger partial charge in [-0.05, 0) is 6.42 Å². The van der Waals surface area contributed by atoms with Crippen LogP contribution in [0.25, 0.3) is 0 Å². The van der Waals surface area contributed by atoms with Crippen molar-refractivity contribution < 1.29 is 9.59 Å². The number of primary amides is 1. The molecular formula is C7H14N2O2. The molecule has 0 radical (unpaired) electrons. The molecule has 0 aliphatic carbocycles. The van der Waals surface area contributed by atoms with Gasteiger partial charge in [-0.2, -0.15) is 0 Å². The number of carbonyl (C=O) groups is 2. The lowest BCUT2D eigenvalue weighted by atomic mass is 10.1. The van der Waals surface area contributed by atoms with Crippen LogP contribution in [0.1, 0.15) is 26.7 Å². The van der Waals surface area contributed by atoms with E-state index in [2.05, 4.69) is 0 Å². The third-order valence-corrected chi connectivity index (χ3v) is 1.42. The number of hydrogen-bond acceptors (Lipinski definition) is 2. The van der Waals surface area contributed by atoms with Crippen LogP contribution in [-0.2, 0) is 4.79 Å². The zero-order chi connectivity index (χ0) is 8.85. The van der Waals surface area contributed by atoms with E-state index in [-0.39, 0.29) is 11.8 Å². The van der Waals surface area contributed by atoms with Crippen LogP contribution in [0, 0.1) is 5.92 Å². The van der Waals surface area contributed by atoms with Crippen LogP contribution in [0.2, 0.25) is 0 Å². The Morgan fingerprint density at radius 1 is 1.55 bits per heavy atom. The summed E-state index contributed by atoms with van der Waals surface area (Å²) < 4.78 is 0. The Morgan fingerprint density at radius 2 is 2.09 bits per heavy atom. The van der Waals surface area contributed by atoms with Gasteiger partial charge in [0.15, 0.2) is 0 Å². The molecule has 1 atom stereocenters. The lowest BCUT2D eigenvalue weighted by molar-refractivity contribution is -0.123. The molecular weight excluding hydrogens is 144 g/mol. The predicted octanol–water partition coefficient (Wildman–Crippen LogP) is 0.618. The molecule has 0 saturated heterocycles. The quantitative estimate of drug-likeness (QED) is 0.631. The van der Waals surface area contributed by atoms with Gasteiger partial charge in [0, 0.05) is 5.92 Å². The maximum Gasteiger partial charge on any atom is 0.318 e. The Hall–Kier alpha value is -1.06. The second-order valence-corrected chi connectivity index (χ2v) is 2.54. The number of imide groups is 1. The molecule has 64 valence electrons. The fourth-order valence-corrected chi connectivity index (χ4v) is 0.809. The highest BCUT2D eigenvalue weighted by molar-refractivity contribution is 5.94. The van der Waals surface area contributed by atoms with E-state index in [1.807, 2.05) is 12.2 Å². The van der Waals surface area contributed by atoms with Crippen molar-refractivity contribution >= 4 is 11.9 Å². The van der Waals surface area contributed by atoms with Crippen LogP contribution in [0.3, 0.4) is 0 Å². The molecule has 0 aliphatic rings. The number of nitrogens with two attached hydrogens (primary N) is 1. The molecule has 0 aliphatic heterocycles. The lowest BCUT2D eigenvalue weighted by Gasteiger charge is -2.07. The first-order valence-corrected chi connectivity index (χ1v) is 3.68. The highest BCUT2D eigenvalue weighted by Gasteiger charge is 2.12. The van der Waals surface area contributed by atoms with Gasteiger partial charge in [0.25, 0.3) is 0 Å².